The van der Waals surface area contributed by atoms with Crippen LogP contribution in [0.3, 0.4) is 0 Å². The van der Waals surface area contributed by atoms with Crippen molar-refractivity contribution in [2.24, 2.45) is 0 Å². The van der Waals surface area contributed by atoms with E-state index in [1.165, 1.54) is 0 Å². The molecule has 1 aliphatic heterocycles. The smallest absolute Gasteiger partial charge is 0.233 e. The molecule has 0 saturated carbocycles. The molecule has 1 unspecified atom stereocenters. The molecule has 2 N–H and O–H groups in total. The highest BCUT2D eigenvalue weighted by Gasteiger charge is 2.43. The Bertz CT molecular complexity index is 1430. The molecule has 5 heteroatoms. The molecule has 1 atom stereocenters. The van der Waals surface area contributed by atoms with E-state index in [2.05, 4.69) is 15.5 Å². The van der Waals surface area contributed by atoms with Gasteiger partial charge in [-0.2, -0.15) is 5.10 Å². The fourth-order valence-corrected chi connectivity index (χ4v) is 4.72. The van der Waals surface area contributed by atoms with Crippen molar-refractivity contribution in [2.45, 2.75) is 12.8 Å². The Labute approximate surface area is 184 Å². The lowest BCUT2D eigenvalue weighted by Crippen LogP contribution is -2.32. The van der Waals surface area contributed by atoms with Crippen LogP contribution < -0.4 is 5.32 Å². The largest absolute Gasteiger partial charge is 0.338 e. The van der Waals surface area contributed by atoms with E-state index in [1.807, 2.05) is 73.7 Å². The maximum absolute atomic E-state index is 13.5. The number of anilines is 1. The molecule has 4 aromatic rings. The number of rotatable bonds is 2. The van der Waals surface area contributed by atoms with E-state index in [-0.39, 0.29) is 0 Å². The number of carbonyl (C=O) groups is 2. The van der Waals surface area contributed by atoms with Crippen LogP contribution in [-0.2, 0) is 4.79 Å². The summed E-state index contributed by atoms with van der Waals surface area (Å²) in [5.41, 5.74) is 7.09. The van der Waals surface area contributed by atoms with E-state index in [0.29, 0.717) is 22.7 Å². The van der Waals surface area contributed by atoms with E-state index < -0.39 is 17.5 Å². The first kappa shape index (κ1) is 18.5. The number of ketones is 2. The standard InChI is InChI=1S/C27H19N3O2/c1-15-11-13-17(14-12-15)23-22-20(16-7-3-2-4-8-16)21-24(28-27(22)30-29-23)18-9-5-6-10-19(18)25(31)26(21)32/h2-14,20H,1H3,(H2,28,29,30). The molecule has 5 nitrogen and oxygen atoms in total. The van der Waals surface area contributed by atoms with Crippen molar-refractivity contribution >= 4 is 23.1 Å². The zero-order chi connectivity index (χ0) is 21.8. The summed E-state index contributed by atoms with van der Waals surface area (Å²) in [6, 6.07) is 25.3. The summed E-state index contributed by atoms with van der Waals surface area (Å²) in [5.74, 6) is -0.680. The molecule has 1 aliphatic carbocycles. The number of allylic oxidation sites excluding steroid dienone is 1. The monoisotopic (exact) mass is 417 g/mol. The zero-order valence-electron chi connectivity index (χ0n) is 17.3. The molecule has 154 valence electrons. The quantitative estimate of drug-likeness (QED) is 0.444. The summed E-state index contributed by atoms with van der Waals surface area (Å²) in [4.78, 5) is 26.5. The molecule has 0 saturated heterocycles. The van der Waals surface area contributed by atoms with Gasteiger partial charge in [0, 0.05) is 28.2 Å². The molecule has 2 heterocycles. The van der Waals surface area contributed by atoms with Crippen LogP contribution in [0.4, 0.5) is 5.82 Å². The molecule has 0 spiro atoms. The van der Waals surface area contributed by atoms with E-state index >= 15 is 0 Å². The van der Waals surface area contributed by atoms with Crippen molar-refractivity contribution in [2.75, 3.05) is 5.32 Å². The number of aromatic amines is 1. The van der Waals surface area contributed by atoms with Crippen molar-refractivity contribution in [1.29, 1.82) is 0 Å². The summed E-state index contributed by atoms with van der Waals surface area (Å²) >= 11 is 0. The third-order valence-corrected chi connectivity index (χ3v) is 6.26. The summed E-state index contributed by atoms with van der Waals surface area (Å²) in [7, 11) is 0. The van der Waals surface area contributed by atoms with Crippen LogP contribution in [0.15, 0.2) is 84.4 Å². The van der Waals surface area contributed by atoms with Gasteiger partial charge in [0.25, 0.3) is 0 Å². The van der Waals surface area contributed by atoms with Gasteiger partial charge in [0.05, 0.1) is 11.4 Å². The van der Waals surface area contributed by atoms with Crippen LogP contribution in [0, 0.1) is 6.92 Å². The molecular weight excluding hydrogens is 398 g/mol. The first-order chi connectivity index (χ1) is 15.6. The van der Waals surface area contributed by atoms with Crippen molar-refractivity contribution in [3.05, 3.63) is 112 Å². The van der Waals surface area contributed by atoms with Gasteiger partial charge in [-0.1, -0.05) is 84.4 Å². The van der Waals surface area contributed by atoms with Crippen LogP contribution in [0.5, 0.6) is 0 Å². The second-order valence-corrected chi connectivity index (χ2v) is 8.19. The number of H-pyrrole nitrogens is 1. The number of fused-ring (bicyclic) bond motifs is 3. The average molecular weight is 417 g/mol. The summed E-state index contributed by atoms with van der Waals surface area (Å²) in [5, 5.41) is 11.1. The Morgan fingerprint density at radius 2 is 1.47 bits per heavy atom. The molecule has 0 radical (unpaired) electrons. The fraction of sp³-hybridized carbons (Fsp3) is 0.0741. The summed E-state index contributed by atoms with van der Waals surface area (Å²) in [6.45, 7) is 2.04. The van der Waals surface area contributed by atoms with Crippen LogP contribution in [0.2, 0.25) is 0 Å². The Kier molecular flexibility index (Phi) is 3.98. The van der Waals surface area contributed by atoms with Crippen LogP contribution in [0.25, 0.3) is 17.0 Å². The van der Waals surface area contributed by atoms with Gasteiger partial charge in [-0.3, -0.25) is 14.7 Å². The van der Waals surface area contributed by atoms with Gasteiger partial charge in [0.1, 0.15) is 0 Å². The fourth-order valence-electron chi connectivity index (χ4n) is 4.72. The number of aromatic nitrogens is 2. The minimum absolute atomic E-state index is 0.415. The highest BCUT2D eigenvalue weighted by molar-refractivity contribution is 6.53. The minimum Gasteiger partial charge on any atom is -0.338 e. The van der Waals surface area contributed by atoms with Crippen molar-refractivity contribution in [3.8, 4) is 11.3 Å². The topological polar surface area (TPSA) is 74.8 Å². The van der Waals surface area contributed by atoms with E-state index in [4.69, 9.17) is 0 Å². The Morgan fingerprint density at radius 3 is 2.22 bits per heavy atom. The predicted molar refractivity (Wildman–Crippen MR) is 123 cm³/mol. The predicted octanol–water partition coefficient (Wildman–Crippen LogP) is 5.12. The molecule has 32 heavy (non-hydrogen) atoms. The lowest BCUT2D eigenvalue weighted by molar-refractivity contribution is -0.112. The number of nitrogens with zero attached hydrogens (tertiary/aromatic N) is 1. The Morgan fingerprint density at radius 1 is 0.781 bits per heavy atom. The molecular formula is C27H19N3O2. The molecule has 1 aromatic heterocycles. The number of carbonyl (C=O) groups excluding carboxylic acids is 2. The Balaban J connectivity index is 1.64. The summed E-state index contributed by atoms with van der Waals surface area (Å²) in [6.07, 6.45) is 0. The number of aryl methyl sites for hydroxylation is 1. The summed E-state index contributed by atoms with van der Waals surface area (Å²) < 4.78 is 0. The van der Waals surface area contributed by atoms with E-state index in [1.54, 1.807) is 12.1 Å². The first-order valence-electron chi connectivity index (χ1n) is 10.5. The maximum Gasteiger partial charge on any atom is 0.233 e. The average Bonchev–Trinajstić information content (AvgIpc) is 3.26. The van der Waals surface area contributed by atoms with Crippen LogP contribution >= 0.6 is 0 Å². The molecule has 0 fully saturated rings. The normalized spacial score (nSPS) is 16.8. The zero-order valence-corrected chi connectivity index (χ0v) is 17.3. The number of benzene rings is 3. The van der Waals surface area contributed by atoms with Crippen molar-refractivity contribution in [1.82, 2.24) is 10.2 Å². The number of hydrogen-bond acceptors (Lipinski definition) is 4. The lowest BCUT2D eigenvalue weighted by Gasteiger charge is -2.32. The third-order valence-electron chi connectivity index (χ3n) is 6.26. The van der Waals surface area contributed by atoms with Gasteiger partial charge in [-0.25, -0.2) is 0 Å². The van der Waals surface area contributed by atoms with Gasteiger partial charge >= 0.3 is 0 Å². The van der Waals surface area contributed by atoms with Gasteiger partial charge in [-0.05, 0) is 18.1 Å². The van der Waals surface area contributed by atoms with E-state index in [9.17, 15) is 9.59 Å². The Hall–Kier alpha value is -4.25. The van der Waals surface area contributed by atoms with Crippen LogP contribution in [0.1, 0.15) is 38.5 Å². The molecule has 0 amide bonds. The van der Waals surface area contributed by atoms with Gasteiger partial charge in [0.2, 0.25) is 11.6 Å². The van der Waals surface area contributed by atoms with E-state index in [0.717, 1.165) is 33.5 Å². The number of Topliss-reactive ketones (excluding diaryl/α,β-unsaturated/α-hetero) is 2. The highest BCUT2D eigenvalue weighted by Crippen LogP contribution is 2.49. The highest BCUT2D eigenvalue weighted by atomic mass is 16.2. The van der Waals surface area contributed by atoms with Gasteiger partial charge in [-0.15, -0.1) is 0 Å². The molecule has 2 aliphatic rings. The molecule has 6 rings (SSSR count). The van der Waals surface area contributed by atoms with Crippen molar-refractivity contribution in [3.63, 3.8) is 0 Å². The lowest BCUT2D eigenvalue weighted by atomic mass is 9.73. The van der Waals surface area contributed by atoms with Crippen LogP contribution in [-0.4, -0.2) is 21.8 Å². The second-order valence-electron chi connectivity index (χ2n) is 8.19. The second kappa shape index (κ2) is 6.89. The SMILES string of the molecule is Cc1ccc(-c2[nH]nc3c2C(c2ccccc2)C2=C(N3)c3ccccc3C(=O)C2=O)cc1. The van der Waals surface area contributed by atoms with Crippen molar-refractivity contribution < 1.29 is 9.59 Å². The number of nitrogens with one attached hydrogen (secondary N) is 2. The maximum atomic E-state index is 13.5. The first-order valence-corrected chi connectivity index (χ1v) is 10.5. The van der Waals surface area contributed by atoms with Gasteiger partial charge in [0.15, 0.2) is 5.82 Å². The molecule has 3 aromatic carbocycles. The van der Waals surface area contributed by atoms with Gasteiger partial charge < -0.3 is 5.32 Å². The third kappa shape index (κ3) is 2.61. The number of hydrogen-bond donors (Lipinski definition) is 2. The molecule has 0 bridgehead atoms. The minimum atomic E-state index is -0.471.